The lowest BCUT2D eigenvalue weighted by Crippen LogP contribution is -2.04. The third-order valence-electron chi connectivity index (χ3n) is 1.51. The lowest BCUT2D eigenvalue weighted by molar-refractivity contribution is -0.384. The average molecular weight is 239 g/mol. The van der Waals surface area contributed by atoms with Crippen molar-refractivity contribution in [1.82, 2.24) is 0 Å². The van der Waals surface area contributed by atoms with Gasteiger partial charge in [-0.15, -0.1) is 9.63 Å². The van der Waals surface area contributed by atoms with Gasteiger partial charge in [-0.2, -0.15) is 0 Å². The molecule has 0 atom stereocenters. The molecule has 0 aliphatic carbocycles. The predicted octanol–water partition coefficient (Wildman–Crippen LogP) is 4.13. The number of hydrogen-bond acceptors (Lipinski definition) is 5. The van der Waals surface area contributed by atoms with Gasteiger partial charge in [0, 0.05) is 28.8 Å². The normalized spacial score (nSPS) is 11.9. The van der Waals surface area contributed by atoms with E-state index in [1.807, 2.05) is 20.8 Å². The second-order valence-corrected chi connectivity index (χ2v) is 5.73. The van der Waals surface area contributed by atoms with Crippen molar-refractivity contribution in [2.45, 2.75) is 25.5 Å². The van der Waals surface area contributed by atoms with Gasteiger partial charge in [0.05, 0.1) is 10.6 Å². The standard InChI is InChI=1S/C10H13N3O2S/c1-10(2,3)16-12-11-8-5-4-6-9(7-8)13(14)15/h4-7H,1-3H3. The van der Waals surface area contributed by atoms with Gasteiger partial charge in [0.1, 0.15) is 0 Å². The summed E-state index contributed by atoms with van der Waals surface area (Å²) < 4.78 is 3.92. The lowest BCUT2D eigenvalue weighted by atomic mass is 10.3. The highest BCUT2D eigenvalue weighted by atomic mass is 32.2. The molecule has 0 aliphatic rings. The molecule has 0 unspecified atom stereocenters. The number of hydrogen-bond donors (Lipinski definition) is 0. The van der Waals surface area contributed by atoms with E-state index in [9.17, 15) is 10.1 Å². The van der Waals surface area contributed by atoms with E-state index in [1.54, 1.807) is 12.1 Å². The van der Waals surface area contributed by atoms with Gasteiger partial charge in [-0.05, 0) is 26.8 Å². The monoisotopic (exact) mass is 239 g/mol. The van der Waals surface area contributed by atoms with Gasteiger partial charge in [0.25, 0.3) is 5.69 Å². The van der Waals surface area contributed by atoms with Crippen LogP contribution in [0.5, 0.6) is 0 Å². The molecule has 0 saturated heterocycles. The summed E-state index contributed by atoms with van der Waals surface area (Å²) in [5.41, 5.74) is 0.517. The molecule has 0 heterocycles. The molecule has 0 spiro atoms. The Morgan fingerprint density at radius 2 is 2.06 bits per heavy atom. The van der Waals surface area contributed by atoms with Crippen molar-refractivity contribution >= 4 is 23.3 Å². The minimum absolute atomic E-state index is 0.00971. The van der Waals surface area contributed by atoms with E-state index in [2.05, 4.69) is 9.63 Å². The number of nitrogens with zero attached hydrogens (tertiary/aromatic N) is 3. The number of nitro groups is 1. The topological polar surface area (TPSA) is 67.9 Å². The third-order valence-corrected chi connectivity index (χ3v) is 2.22. The molecule has 6 heteroatoms. The Morgan fingerprint density at radius 3 is 2.62 bits per heavy atom. The quantitative estimate of drug-likeness (QED) is 0.345. The van der Waals surface area contributed by atoms with Crippen LogP contribution < -0.4 is 0 Å². The van der Waals surface area contributed by atoms with E-state index in [0.29, 0.717) is 5.69 Å². The van der Waals surface area contributed by atoms with Gasteiger partial charge in [0.2, 0.25) is 0 Å². The second-order valence-electron chi connectivity index (χ2n) is 4.16. The maximum Gasteiger partial charge on any atom is 0.271 e. The molecule has 0 amide bonds. The molecule has 0 saturated carbocycles. The van der Waals surface area contributed by atoms with Crippen molar-refractivity contribution in [3.8, 4) is 0 Å². The summed E-state index contributed by atoms with van der Waals surface area (Å²) in [6, 6.07) is 6.09. The fourth-order valence-electron chi connectivity index (χ4n) is 0.859. The molecular formula is C10H13N3O2S. The number of nitro benzene ring substituents is 1. The van der Waals surface area contributed by atoms with Crippen LogP contribution in [0.4, 0.5) is 11.4 Å². The molecule has 0 fully saturated rings. The maximum atomic E-state index is 10.5. The molecule has 1 rings (SSSR count). The number of rotatable bonds is 3. The van der Waals surface area contributed by atoms with Crippen LogP contribution in [-0.4, -0.2) is 9.67 Å². The second kappa shape index (κ2) is 5.07. The van der Waals surface area contributed by atoms with Gasteiger partial charge in [-0.25, -0.2) is 0 Å². The molecule has 0 aliphatic heterocycles. The Balaban J connectivity index is 2.74. The smallest absolute Gasteiger partial charge is 0.258 e. The third kappa shape index (κ3) is 4.39. The largest absolute Gasteiger partial charge is 0.271 e. The zero-order valence-electron chi connectivity index (χ0n) is 9.38. The Hall–Kier alpha value is -1.43. The van der Waals surface area contributed by atoms with Gasteiger partial charge < -0.3 is 0 Å². The summed E-state index contributed by atoms with van der Waals surface area (Å²) in [7, 11) is 0. The Bertz CT molecular complexity index is 413. The molecule has 0 N–H and O–H groups in total. The van der Waals surface area contributed by atoms with Gasteiger partial charge in [-0.1, -0.05) is 6.07 Å². The lowest BCUT2D eigenvalue weighted by Gasteiger charge is -2.10. The van der Waals surface area contributed by atoms with Crippen LogP contribution in [0.1, 0.15) is 20.8 Å². The first-order chi connectivity index (χ1) is 7.38. The summed E-state index contributed by atoms with van der Waals surface area (Å²) in [5.74, 6) is 0. The molecule has 0 aromatic heterocycles. The number of non-ortho nitro benzene ring substituents is 1. The SMILES string of the molecule is CC(C)(C)SN=Nc1cccc([N+](=O)[O-])c1. The predicted molar refractivity (Wildman–Crippen MR) is 65.0 cm³/mol. The summed E-state index contributed by atoms with van der Waals surface area (Å²) in [6.45, 7) is 6.05. The molecule has 1 aromatic carbocycles. The minimum Gasteiger partial charge on any atom is -0.258 e. The van der Waals surface area contributed by atoms with Crippen molar-refractivity contribution in [3.63, 3.8) is 0 Å². The summed E-state index contributed by atoms with van der Waals surface area (Å²) >= 11 is 1.33. The molecule has 16 heavy (non-hydrogen) atoms. The van der Waals surface area contributed by atoms with Crippen LogP contribution in [0.2, 0.25) is 0 Å². The molecule has 1 aromatic rings. The Morgan fingerprint density at radius 1 is 1.38 bits per heavy atom. The highest BCUT2D eigenvalue weighted by Gasteiger charge is 2.10. The first-order valence-corrected chi connectivity index (χ1v) is 5.49. The van der Waals surface area contributed by atoms with Crippen molar-refractivity contribution in [1.29, 1.82) is 0 Å². The fourth-order valence-corrected chi connectivity index (χ4v) is 1.24. The highest BCUT2D eigenvalue weighted by molar-refractivity contribution is 7.99. The Kier molecular flexibility index (Phi) is 4.00. The van der Waals surface area contributed by atoms with E-state index in [4.69, 9.17) is 0 Å². The zero-order valence-corrected chi connectivity index (χ0v) is 10.2. The van der Waals surface area contributed by atoms with E-state index < -0.39 is 4.92 Å². The molecule has 86 valence electrons. The van der Waals surface area contributed by atoms with Gasteiger partial charge in [-0.3, -0.25) is 10.1 Å². The maximum absolute atomic E-state index is 10.5. The van der Waals surface area contributed by atoms with Crippen molar-refractivity contribution in [3.05, 3.63) is 34.4 Å². The van der Waals surface area contributed by atoms with Crippen molar-refractivity contribution < 1.29 is 4.92 Å². The van der Waals surface area contributed by atoms with E-state index in [0.717, 1.165) is 0 Å². The van der Waals surface area contributed by atoms with Gasteiger partial charge in [0.15, 0.2) is 0 Å². The summed E-state index contributed by atoms with van der Waals surface area (Å²) in [6.07, 6.45) is 0. The van der Waals surface area contributed by atoms with Crippen LogP contribution in [0, 0.1) is 10.1 Å². The molecule has 0 radical (unpaired) electrons. The average Bonchev–Trinajstić information content (AvgIpc) is 2.16. The van der Waals surface area contributed by atoms with E-state index in [1.165, 1.54) is 24.1 Å². The van der Waals surface area contributed by atoms with Crippen LogP contribution in [0.25, 0.3) is 0 Å². The van der Waals surface area contributed by atoms with Crippen LogP contribution in [0.3, 0.4) is 0 Å². The number of benzene rings is 1. The highest BCUT2D eigenvalue weighted by Crippen LogP contribution is 2.27. The zero-order chi connectivity index (χ0) is 12.2. The van der Waals surface area contributed by atoms with Crippen LogP contribution in [0.15, 0.2) is 33.9 Å². The first-order valence-electron chi connectivity index (χ1n) is 4.72. The van der Waals surface area contributed by atoms with Gasteiger partial charge >= 0.3 is 0 Å². The van der Waals surface area contributed by atoms with Crippen molar-refractivity contribution in [2.75, 3.05) is 0 Å². The Labute approximate surface area is 98.2 Å². The van der Waals surface area contributed by atoms with E-state index >= 15 is 0 Å². The van der Waals surface area contributed by atoms with Crippen LogP contribution >= 0.6 is 11.9 Å². The molecule has 0 bridgehead atoms. The minimum atomic E-state index is -0.448. The van der Waals surface area contributed by atoms with E-state index in [-0.39, 0.29) is 10.4 Å². The fraction of sp³-hybridized carbons (Fsp3) is 0.400. The van der Waals surface area contributed by atoms with Crippen LogP contribution in [-0.2, 0) is 0 Å². The summed E-state index contributed by atoms with van der Waals surface area (Å²) in [5, 5.41) is 14.4. The molecule has 5 nitrogen and oxygen atoms in total. The first kappa shape index (κ1) is 12.6. The molecular weight excluding hydrogens is 226 g/mol. The summed E-state index contributed by atoms with van der Waals surface area (Å²) in [4.78, 5) is 10.1. The van der Waals surface area contributed by atoms with Crippen molar-refractivity contribution in [2.24, 2.45) is 9.63 Å².